The fourth-order valence-corrected chi connectivity index (χ4v) is 2.12. The average Bonchev–Trinajstić information content (AvgIpc) is 2.77. The van der Waals surface area contributed by atoms with E-state index in [9.17, 15) is 0 Å². The molecule has 0 aliphatic rings. The number of hydrogen-bond acceptors (Lipinski definition) is 5. The number of methoxy groups -OCH3 is 1. The van der Waals surface area contributed by atoms with Crippen LogP contribution in [0.5, 0.6) is 5.75 Å². The van der Waals surface area contributed by atoms with Gasteiger partial charge in [0, 0.05) is 5.38 Å². The van der Waals surface area contributed by atoms with Gasteiger partial charge in [0.1, 0.15) is 5.75 Å². The van der Waals surface area contributed by atoms with Crippen molar-refractivity contribution in [2.75, 3.05) is 12.5 Å². The first-order valence-electron chi connectivity index (χ1n) is 5.55. The number of hydrogen-bond donors (Lipinski definition) is 1. The Bertz CT molecular complexity index is 563. The SMILES string of the molecule is COc1ccc(C=NNc2nc(C)cs2)c(C)c1. The summed E-state index contributed by atoms with van der Waals surface area (Å²) in [7, 11) is 1.66. The molecule has 1 heterocycles. The summed E-state index contributed by atoms with van der Waals surface area (Å²) >= 11 is 1.54. The van der Waals surface area contributed by atoms with E-state index in [1.54, 1.807) is 13.3 Å². The highest BCUT2D eigenvalue weighted by molar-refractivity contribution is 7.13. The molecule has 1 aromatic carbocycles. The van der Waals surface area contributed by atoms with Crippen LogP contribution in [0.4, 0.5) is 5.13 Å². The zero-order valence-corrected chi connectivity index (χ0v) is 11.4. The Morgan fingerprint density at radius 3 is 2.83 bits per heavy atom. The lowest BCUT2D eigenvalue weighted by molar-refractivity contribution is 0.414. The highest BCUT2D eigenvalue weighted by Crippen LogP contribution is 2.16. The Morgan fingerprint density at radius 1 is 1.39 bits per heavy atom. The van der Waals surface area contributed by atoms with E-state index < -0.39 is 0 Å². The summed E-state index contributed by atoms with van der Waals surface area (Å²) in [4.78, 5) is 4.27. The van der Waals surface area contributed by atoms with Crippen LogP contribution < -0.4 is 10.2 Å². The second-order valence-electron chi connectivity index (χ2n) is 3.89. The molecule has 0 aliphatic carbocycles. The Kier molecular flexibility index (Phi) is 3.94. The summed E-state index contributed by atoms with van der Waals surface area (Å²) in [5.74, 6) is 0.855. The molecule has 0 amide bonds. The van der Waals surface area contributed by atoms with Gasteiger partial charge in [-0.1, -0.05) is 0 Å². The first-order valence-corrected chi connectivity index (χ1v) is 6.43. The number of hydrazone groups is 1. The molecule has 2 aromatic rings. The lowest BCUT2D eigenvalue weighted by Gasteiger charge is -2.03. The lowest BCUT2D eigenvalue weighted by atomic mass is 10.1. The molecular weight excluding hydrogens is 246 g/mol. The van der Waals surface area contributed by atoms with Gasteiger partial charge in [-0.05, 0) is 43.2 Å². The Morgan fingerprint density at radius 2 is 2.22 bits per heavy atom. The van der Waals surface area contributed by atoms with Gasteiger partial charge in [0.25, 0.3) is 0 Å². The largest absolute Gasteiger partial charge is 0.497 e. The predicted molar refractivity (Wildman–Crippen MR) is 75.8 cm³/mol. The summed E-state index contributed by atoms with van der Waals surface area (Å²) < 4.78 is 5.16. The van der Waals surface area contributed by atoms with Crippen LogP contribution in [0.1, 0.15) is 16.8 Å². The van der Waals surface area contributed by atoms with Gasteiger partial charge < -0.3 is 4.74 Å². The van der Waals surface area contributed by atoms with E-state index in [-0.39, 0.29) is 0 Å². The molecule has 94 valence electrons. The molecule has 0 aliphatic heterocycles. The number of benzene rings is 1. The van der Waals surface area contributed by atoms with Crippen molar-refractivity contribution in [3.63, 3.8) is 0 Å². The van der Waals surface area contributed by atoms with E-state index in [1.165, 1.54) is 11.3 Å². The topological polar surface area (TPSA) is 46.5 Å². The van der Waals surface area contributed by atoms with Crippen molar-refractivity contribution in [1.29, 1.82) is 0 Å². The van der Waals surface area contributed by atoms with Crippen LogP contribution in [0.2, 0.25) is 0 Å². The Hall–Kier alpha value is -1.88. The molecule has 1 N–H and O–H groups in total. The quantitative estimate of drug-likeness (QED) is 0.679. The third kappa shape index (κ3) is 3.07. The highest BCUT2D eigenvalue weighted by Gasteiger charge is 1.98. The van der Waals surface area contributed by atoms with E-state index in [0.29, 0.717) is 0 Å². The Labute approximate surface area is 110 Å². The molecule has 0 atom stereocenters. The van der Waals surface area contributed by atoms with Crippen molar-refractivity contribution in [3.05, 3.63) is 40.4 Å². The molecule has 0 radical (unpaired) electrons. The maximum Gasteiger partial charge on any atom is 0.203 e. The molecule has 1 aromatic heterocycles. The maximum atomic E-state index is 5.16. The zero-order chi connectivity index (χ0) is 13.0. The summed E-state index contributed by atoms with van der Waals surface area (Å²) in [6, 6.07) is 5.88. The van der Waals surface area contributed by atoms with E-state index in [2.05, 4.69) is 15.5 Å². The Balaban J connectivity index is 2.05. The maximum absolute atomic E-state index is 5.16. The van der Waals surface area contributed by atoms with Gasteiger partial charge in [-0.2, -0.15) is 5.10 Å². The van der Waals surface area contributed by atoms with Crippen molar-refractivity contribution in [2.24, 2.45) is 5.10 Å². The third-order valence-corrected chi connectivity index (χ3v) is 3.32. The molecule has 5 heteroatoms. The minimum absolute atomic E-state index is 0.801. The van der Waals surface area contributed by atoms with Crippen molar-refractivity contribution < 1.29 is 4.74 Å². The molecule has 0 fully saturated rings. The summed E-state index contributed by atoms with van der Waals surface area (Å²) in [6.45, 7) is 3.98. The van der Waals surface area contributed by atoms with E-state index in [4.69, 9.17) is 4.74 Å². The first-order chi connectivity index (χ1) is 8.69. The van der Waals surface area contributed by atoms with Crippen molar-refractivity contribution in [3.8, 4) is 5.75 Å². The number of thiazole rings is 1. The van der Waals surface area contributed by atoms with Crippen LogP contribution in [0, 0.1) is 13.8 Å². The molecule has 4 nitrogen and oxygen atoms in total. The fraction of sp³-hybridized carbons (Fsp3) is 0.231. The van der Waals surface area contributed by atoms with Crippen LogP contribution in [-0.4, -0.2) is 18.3 Å². The first kappa shape index (κ1) is 12.6. The molecule has 0 bridgehead atoms. The standard InChI is InChI=1S/C13H15N3OS/c1-9-6-12(17-3)5-4-11(9)7-14-16-13-15-10(2)8-18-13/h4-8H,1-3H3,(H,15,16). The summed E-state index contributed by atoms with van der Waals surface area (Å²) in [5.41, 5.74) is 6.09. The monoisotopic (exact) mass is 261 g/mol. The van der Waals surface area contributed by atoms with Crippen LogP contribution in [0.25, 0.3) is 0 Å². The normalized spacial score (nSPS) is 10.8. The van der Waals surface area contributed by atoms with Crippen LogP contribution >= 0.6 is 11.3 Å². The number of rotatable bonds is 4. The number of nitrogens with one attached hydrogen (secondary N) is 1. The fourth-order valence-electron chi connectivity index (χ4n) is 1.48. The van der Waals surface area contributed by atoms with E-state index in [0.717, 1.165) is 27.7 Å². The third-order valence-electron chi connectivity index (χ3n) is 2.46. The van der Waals surface area contributed by atoms with E-state index >= 15 is 0 Å². The van der Waals surface area contributed by atoms with Gasteiger partial charge in [-0.15, -0.1) is 11.3 Å². The van der Waals surface area contributed by atoms with E-state index in [1.807, 2.05) is 37.4 Å². The van der Waals surface area contributed by atoms with Gasteiger partial charge >= 0.3 is 0 Å². The second-order valence-corrected chi connectivity index (χ2v) is 4.74. The molecule has 0 spiro atoms. The minimum Gasteiger partial charge on any atom is -0.497 e. The molecule has 2 rings (SSSR count). The number of aromatic nitrogens is 1. The minimum atomic E-state index is 0.801. The van der Waals surface area contributed by atoms with Crippen LogP contribution in [0.3, 0.4) is 0 Å². The molecule has 0 saturated heterocycles. The molecule has 0 saturated carbocycles. The zero-order valence-electron chi connectivity index (χ0n) is 10.6. The molecule has 0 unspecified atom stereocenters. The second kappa shape index (κ2) is 5.64. The molecular formula is C13H15N3OS. The van der Waals surface area contributed by atoms with Crippen LogP contribution in [-0.2, 0) is 0 Å². The van der Waals surface area contributed by atoms with Crippen molar-refractivity contribution >= 4 is 22.7 Å². The lowest BCUT2D eigenvalue weighted by Crippen LogP contribution is -1.93. The number of aryl methyl sites for hydroxylation is 2. The summed E-state index contributed by atoms with van der Waals surface area (Å²) in [5, 5.41) is 6.96. The van der Waals surface area contributed by atoms with Gasteiger partial charge in [-0.3, -0.25) is 5.43 Å². The van der Waals surface area contributed by atoms with Crippen molar-refractivity contribution in [2.45, 2.75) is 13.8 Å². The predicted octanol–water partition coefficient (Wildman–Crippen LogP) is 3.21. The van der Waals surface area contributed by atoms with Crippen LogP contribution in [0.15, 0.2) is 28.7 Å². The van der Waals surface area contributed by atoms with Gasteiger partial charge in [0.05, 0.1) is 19.0 Å². The van der Waals surface area contributed by atoms with Gasteiger partial charge in [0.15, 0.2) is 0 Å². The van der Waals surface area contributed by atoms with Gasteiger partial charge in [0.2, 0.25) is 5.13 Å². The summed E-state index contributed by atoms with van der Waals surface area (Å²) in [6.07, 6.45) is 1.78. The number of nitrogens with zero attached hydrogens (tertiary/aromatic N) is 2. The van der Waals surface area contributed by atoms with Crippen molar-refractivity contribution in [1.82, 2.24) is 4.98 Å². The van der Waals surface area contributed by atoms with Gasteiger partial charge in [-0.25, -0.2) is 4.98 Å². The number of anilines is 1. The number of ether oxygens (including phenoxy) is 1. The average molecular weight is 261 g/mol. The smallest absolute Gasteiger partial charge is 0.203 e. The highest BCUT2D eigenvalue weighted by atomic mass is 32.1. The molecule has 18 heavy (non-hydrogen) atoms.